The molecular weight excluding hydrogens is 398 g/mol. The number of amides is 1. The Balaban J connectivity index is 2.06. The lowest BCUT2D eigenvalue weighted by Gasteiger charge is -2.22. The van der Waals surface area contributed by atoms with Crippen molar-refractivity contribution >= 4 is 22.0 Å². The number of nitrogens with zero attached hydrogens (tertiary/aromatic N) is 1. The third kappa shape index (κ3) is 7.61. The molecule has 2 aromatic rings. The fourth-order valence-corrected chi connectivity index (χ4v) is 3.02. The molecule has 9 heteroatoms. The van der Waals surface area contributed by atoms with Crippen molar-refractivity contribution in [3.05, 3.63) is 54.0 Å². The van der Waals surface area contributed by atoms with Crippen molar-refractivity contribution in [3.63, 3.8) is 0 Å². The van der Waals surface area contributed by atoms with E-state index >= 15 is 0 Å². The Labute approximate surface area is 170 Å². The molecule has 0 aliphatic heterocycles. The van der Waals surface area contributed by atoms with E-state index in [0.717, 1.165) is 5.56 Å². The van der Waals surface area contributed by atoms with Gasteiger partial charge in [0, 0.05) is 13.0 Å². The predicted molar refractivity (Wildman–Crippen MR) is 105 cm³/mol. The van der Waals surface area contributed by atoms with Crippen LogP contribution in [0, 0.1) is 0 Å². The number of carbonyl (C=O) groups excluding carboxylic acids is 2. The molecule has 1 heterocycles. The van der Waals surface area contributed by atoms with Gasteiger partial charge in [-0.1, -0.05) is 12.1 Å². The first-order chi connectivity index (χ1) is 13.8. The number of ether oxygens (including phenoxy) is 1. The van der Waals surface area contributed by atoms with E-state index in [1.807, 2.05) is 0 Å². The summed E-state index contributed by atoms with van der Waals surface area (Å²) in [6.45, 7) is 3.99. The van der Waals surface area contributed by atoms with E-state index in [1.165, 1.54) is 25.3 Å². The van der Waals surface area contributed by atoms with E-state index in [2.05, 4.69) is 0 Å². The Hall–Kier alpha value is -2.81. The lowest BCUT2D eigenvalue weighted by molar-refractivity contribution is -0.146. The molecule has 0 unspecified atom stereocenters. The molecule has 29 heavy (non-hydrogen) atoms. The summed E-state index contributed by atoms with van der Waals surface area (Å²) < 4.78 is 38.3. The molecule has 158 valence electrons. The first-order valence-electron chi connectivity index (χ1n) is 9.29. The predicted octanol–water partition coefficient (Wildman–Crippen LogP) is 2.88. The molecule has 8 nitrogen and oxygen atoms in total. The van der Waals surface area contributed by atoms with Crippen LogP contribution in [-0.2, 0) is 37.5 Å². The quantitative estimate of drug-likeness (QED) is 0.404. The largest absolute Gasteiger partial charge is 0.467 e. The van der Waals surface area contributed by atoms with Crippen LogP contribution in [0.5, 0.6) is 5.75 Å². The topological polar surface area (TPSA) is 103 Å². The van der Waals surface area contributed by atoms with Crippen LogP contribution >= 0.6 is 0 Å². The zero-order chi connectivity index (χ0) is 21.3. The third-order valence-electron chi connectivity index (χ3n) is 4.00. The van der Waals surface area contributed by atoms with Crippen LogP contribution in [0.25, 0.3) is 0 Å². The third-order valence-corrected chi connectivity index (χ3v) is 5.15. The van der Waals surface area contributed by atoms with Gasteiger partial charge in [-0.25, -0.2) is 0 Å². The molecule has 2 rings (SSSR count). The first kappa shape index (κ1) is 22.5. The highest BCUT2D eigenvalue weighted by Gasteiger charge is 2.18. The number of hydrogen-bond acceptors (Lipinski definition) is 7. The van der Waals surface area contributed by atoms with Crippen molar-refractivity contribution in [2.75, 3.05) is 12.4 Å². The molecule has 0 aliphatic rings. The zero-order valence-electron chi connectivity index (χ0n) is 16.5. The fraction of sp³-hybridized carbons (Fsp3) is 0.400. The summed E-state index contributed by atoms with van der Waals surface area (Å²) in [4.78, 5) is 25.8. The van der Waals surface area contributed by atoms with E-state index in [0.29, 0.717) is 5.76 Å². The smallest absolute Gasteiger partial charge is 0.308 e. The molecule has 1 aromatic carbocycles. The van der Waals surface area contributed by atoms with E-state index in [9.17, 15) is 18.0 Å². The van der Waals surface area contributed by atoms with Crippen molar-refractivity contribution in [2.24, 2.45) is 0 Å². The molecule has 0 radical (unpaired) electrons. The van der Waals surface area contributed by atoms with Crippen LogP contribution in [0.15, 0.2) is 47.1 Å². The molecule has 1 aromatic heterocycles. The Kier molecular flexibility index (Phi) is 8.26. The maximum atomic E-state index is 12.6. The monoisotopic (exact) mass is 423 g/mol. The van der Waals surface area contributed by atoms with Gasteiger partial charge in [-0.15, -0.1) is 0 Å². The lowest BCUT2D eigenvalue weighted by Crippen LogP contribution is -2.30. The SMILES string of the molecule is CCOC(=O)CCC(=O)N(Cc1ccc(OS(=O)(=O)CC)cc1)Cc1ccco1. The maximum Gasteiger partial charge on any atom is 0.308 e. The molecule has 0 bridgehead atoms. The second-order valence-electron chi connectivity index (χ2n) is 6.21. The fourth-order valence-electron chi connectivity index (χ4n) is 2.50. The van der Waals surface area contributed by atoms with E-state index < -0.39 is 16.1 Å². The minimum Gasteiger partial charge on any atom is -0.467 e. The van der Waals surface area contributed by atoms with Crippen LogP contribution in [0.2, 0.25) is 0 Å². The molecule has 0 saturated heterocycles. The molecular formula is C20H25NO7S. The number of benzene rings is 1. The minimum atomic E-state index is -3.60. The normalized spacial score (nSPS) is 11.1. The average Bonchev–Trinajstić information content (AvgIpc) is 3.20. The number of rotatable bonds is 11. The Bertz CT molecular complexity index is 889. The Morgan fingerprint density at radius 3 is 2.34 bits per heavy atom. The second kappa shape index (κ2) is 10.7. The van der Waals surface area contributed by atoms with Crippen LogP contribution in [0.1, 0.15) is 38.0 Å². The van der Waals surface area contributed by atoms with Gasteiger partial charge in [-0.05, 0) is 43.7 Å². The van der Waals surface area contributed by atoms with Crippen LogP contribution in [0.3, 0.4) is 0 Å². The van der Waals surface area contributed by atoms with Gasteiger partial charge < -0.3 is 18.2 Å². The standard InChI is InChI=1S/C20H25NO7S/c1-3-26-20(23)12-11-19(22)21(15-18-6-5-13-27-18)14-16-7-9-17(10-8-16)28-29(24,25)4-2/h5-10,13H,3-4,11-12,14-15H2,1-2H3. The van der Waals surface area contributed by atoms with E-state index in [1.54, 1.807) is 36.1 Å². The van der Waals surface area contributed by atoms with Crippen molar-refractivity contribution in [3.8, 4) is 5.75 Å². The summed E-state index contributed by atoms with van der Waals surface area (Å²) in [7, 11) is -3.60. The van der Waals surface area contributed by atoms with Crippen LogP contribution < -0.4 is 4.18 Å². The van der Waals surface area contributed by atoms with Gasteiger partial charge in [0.15, 0.2) is 0 Å². The highest BCUT2D eigenvalue weighted by atomic mass is 32.2. The van der Waals surface area contributed by atoms with Gasteiger partial charge in [0.25, 0.3) is 0 Å². The number of hydrogen-bond donors (Lipinski definition) is 0. The molecule has 0 atom stereocenters. The summed E-state index contributed by atoms with van der Waals surface area (Å²) in [5, 5.41) is 0. The van der Waals surface area contributed by atoms with Gasteiger partial charge >= 0.3 is 16.1 Å². The van der Waals surface area contributed by atoms with Gasteiger partial charge in [-0.2, -0.15) is 8.42 Å². The second-order valence-corrected chi connectivity index (χ2v) is 8.07. The van der Waals surface area contributed by atoms with Gasteiger partial charge in [-0.3, -0.25) is 9.59 Å². The van der Waals surface area contributed by atoms with Gasteiger partial charge in [0.1, 0.15) is 11.5 Å². The number of furan rings is 1. The lowest BCUT2D eigenvalue weighted by atomic mass is 10.2. The average molecular weight is 423 g/mol. The molecule has 0 N–H and O–H groups in total. The van der Waals surface area contributed by atoms with Gasteiger partial charge in [0.05, 0.1) is 31.6 Å². The molecule has 0 aliphatic carbocycles. The summed E-state index contributed by atoms with van der Waals surface area (Å²) in [5.41, 5.74) is 0.780. The van der Waals surface area contributed by atoms with Crippen molar-refractivity contribution < 1.29 is 31.3 Å². The number of esters is 1. The first-order valence-corrected chi connectivity index (χ1v) is 10.9. The van der Waals surface area contributed by atoms with Crippen molar-refractivity contribution in [2.45, 2.75) is 39.8 Å². The number of carbonyl (C=O) groups is 2. The van der Waals surface area contributed by atoms with Crippen molar-refractivity contribution in [1.82, 2.24) is 4.90 Å². The summed E-state index contributed by atoms with van der Waals surface area (Å²) in [5.74, 6) is 0.0618. The highest BCUT2D eigenvalue weighted by Crippen LogP contribution is 2.18. The van der Waals surface area contributed by atoms with Crippen molar-refractivity contribution in [1.29, 1.82) is 0 Å². The minimum absolute atomic E-state index is 0.00296. The summed E-state index contributed by atoms with van der Waals surface area (Å²) in [6.07, 6.45) is 1.55. The molecule has 0 fully saturated rings. The highest BCUT2D eigenvalue weighted by molar-refractivity contribution is 7.87. The maximum absolute atomic E-state index is 12.6. The van der Waals surface area contributed by atoms with Gasteiger partial charge in [0.2, 0.25) is 5.91 Å². The van der Waals surface area contributed by atoms with E-state index in [-0.39, 0.29) is 49.9 Å². The van der Waals surface area contributed by atoms with Crippen LogP contribution in [0.4, 0.5) is 0 Å². The molecule has 1 amide bonds. The molecule has 0 saturated carbocycles. The van der Waals surface area contributed by atoms with E-state index in [4.69, 9.17) is 13.3 Å². The van der Waals surface area contributed by atoms with Crippen LogP contribution in [-0.4, -0.2) is 37.6 Å². The summed E-state index contributed by atoms with van der Waals surface area (Å²) in [6, 6.07) is 9.95. The Morgan fingerprint density at radius 1 is 1.03 bits per heavy atom. The zero-order valence-corrected chi connectivity index (χ0v) is 17.3. The molecule has 0 spiro atoms. The Morgan fingerprint density at radius 2 is 1.76 bits per heavy atom. The summed E-state index contributed by atoms with van der Waals surface area (Å²) >= 11 is 0.